The Morgan fingerprint density at radius 1 is 1.25 bits per heavy atom. The second-order valence-electron chi connectivity index (χ2n) is 4.02. The molecule has 0 radical (unpaired) electrons. The molecule has 1 N–H and O–H groups in total. The summed E-state index contributed by atoms with van der Waals surface area (Å²) in [6.45, 7) is -0.282. The van der Waals surface area contributed by atoms with Gasteiger partial charge in [0, 0.05) is 6.54 Å². The van der Waals surface area contributed by atoms with E-state index in [1.165, 1.54) is 18.2 Å². The summed E-state index contributed by atoms with van der Waals surface area (Å²) >= 11 is 0. The van der Waals surface area contributed by atoms with E-state index in [1.54, 1.807) is 6.07 Å². The first-order valence-electron chi connectivity index (χ1n) is 5.35. The van der Waals surface area contributed by atoms with Crippen LogP contribution in [0.1, 0.15) is 18.2 Å². The van der Waals surface area contributed by atoms with Crippen LogP contribution >= 0.6 is 0 Å². The largest absolute Gasteiger partial charge is 1.00 e. The Kier molecular flexibility index (Phi) is 5.39. The maximum atomic E-state index is 12.0. The first kappa shape index (κ1) is 17.6. The van der Waals surface area contributed by atoms with Gasteiger partial charge in [0.25, 0.3) is 26.0 Å². The Labute approximate surface area is 140 Å². The third kappa shape index (κ3) is 3.41. The number of rotatable bonds is 4. The molecule has 1 aromatic rings. The molecule has 106 valence electrons. The van der Waals surface area contributed by atoms with Gasteiger partial charge in [0.15, 0.2) is 0 Å². The second-order valence-corrected chi connectivity index (χ2v) is 7.42. The number of benzene rings is 1. The van der Waals surface area contributed by atoms with Gasteiger partial charge >= 0.3 is 29.6 Å². The fourth-order valence-corrected chi connectivity index (χ4v) is 3.94. The van der Waals surface area contributed by atoms with Crippen molar-refractivity contribution in [3.8, 4) is 0 Å². The van der Waals surface area contributed by atoms with Crippen LogP contribution < -0.4 is 29.6 Å². The van der Waals surface area contributed by atoms with E-state index in [0.717, 1.165) is 0 Å². The number of fused-ring (bicyclic) bond motifs is 1. The summed E-state index contributed by atoms with van der Waals surface area (Å²) in [5.41, 5.74) is 0.0781. The van der Waals surface area contributed by atoms with Crippen molar-refractivity contribution in [3.05, 3.63) is 29.8 Å². The van der Waals surface area contributed by atoms with E-state index in [2.05, 4.69) is 0 Å². The fraction of sp³-hybridized carbons (Fsp3) is 0.300. The zero-order valence-corrected chi connectivity index (χ0v) is 14.3. The molecule has 2 rings (SSSR count). The van der Waals surface area contributed by atoms with E-state index in [9.17, 15) is 21.6 Å². The van der Waals surface area contributed by atoms with Crippen LogP contribution in [0.2, 0.25) is 0 Å². The minimum Gasteiger partial charge on any atom is -1.00 e. The Balaban J connectivity index is 0.00000200. The van der Waals surface area contributed by atoms with Crippen molar-refractivity contribution in [2.24, 2.45) is 0 Å². The fourth-order valence-electron chi connectivity index (χ4n) is 1.84. The summed E-state index contributed by atoms with van der Waals surface area (Å²) in [5.74, 6) is -1.27. The molecule has 0 saturated heterocycles. The van der Waals surface area contributed by atoms with Gasteiger partial charge in [-0.05, 0) is 18.6 Å². The molecule has 1 heterocycles. The van der Waals surface area contributed by atoms with Gasteiger partial charge in [-0.1, -0.05) is 12.1 Å². The van der Waals surface area contributed by atoms with Crippen molar-refractivity contribution in [2.45, 2.75) is 11.3 Å². The monoisotopic (exact) mass is 329 g/mol. The van der Waals surface area contributed by atoms with Crippen LogP contribution in [0.4, 0.5) is 0 Å². The Morgan fingerprint density at radius 2 is 1.85 bits per heavy atom. The molecule has 1 aromatic carbocycles. The minimum absolute atomic E-state index is 0. The number of carbonyl (C=O) groups excluding carboxylic acids is 1. The van der Waals surface area contributed by atoms with Crippen LogP contribution in [0.5, 0.6) is 0 Å². The molecule has 0 aliphatic carbocycles. The van der Waals surface area contributed by atoms with E-state index < -0.39 is 31.8 Å². The van der Waals surface area contributed by atoms with Crippen molar-refractivity contribution >= 4 is 26.0 Å². The molecule has 1 amide bonds. The van der Waals surface area contributed by atoms with E-state index in [0.29, 0.717) is 4.31 Å². The molecule has 0 aromatic heterocycles. The topological polar surface area (TPSA) is 109 Å². The first-order chi connectivity index (χ1) is 8.73. The summed E-state index contributed by atoms with van der Waals surface area (Å²) in [7, 11) is -8.08. The third-order valence-electron chi connectivity index (χ3n) is 2.68. The molecule has 0 saturated carbocycles. The van der Waals surface area contributed by atoms with Gasteiger partial charge in [0.05, 0.1) is 11.3 Å². The van der Waals surface area contributed by atoms with Crippen LogP contribution in [0.15, 0.2) is 29.2 Å². The van der Waals surface area contributed by atoms with Crippen LogP contribution in [-0.2, 0) is 20.1 Å². The number of carbonyl (C=O) groups is 1. The smallest absolute Gasteiger partial charge is 1.00 e. The quantitative estimate of drug-likeness (QED) is 0.473. The van der Waals surface area contributed by atoms with Gasteiger partial charge in [-0.25, -0.2) is 12.7 Å². The summed E-state index contributed by atoms with van der Waals surface area (Å²) in [6, 6.07) is 5.78. The molecular weight excluding hydrogens is 317 g/mol. The van der Waals surface area contributed by atoms with E-state index >= 15 is 0 Å². The molecule has 1 aliphatic heterocycles. The molecule has 0 unspecified atom stereocenters. The standard InChI is InChI=1S/C10H11NO6S2.Na.H/c12-10-8-4-1-2-5-9(8)19(16,17)11(10)6-3-7-18(13,14)15;;/h1-2,4-5H,3,6-7H2,(H,13,14,15);;/q;+1;-1. The summed E-state index contributed by atoms with van der Waals surface area (Å²) in [6.07, 6.45) is -0.155. The third-order valence-corrected chi connectivity index (χ3v) is 5.32. The van der Waals surface area contributed by atoms with Crippen LogP contribution in [0.25, 0.3) is 0 Å². The van der Waals surface area contributed by atoms with Crippen molar-refractivity contribution in [3.63, 3.8) is 0 Å². The van der Waals surface area contributed by atoms with E-state index in [1.807, 2.05) is 0 Å². The molecule has 0 bridgehead atoms. The molecule has 1 aliphatic rings. The number of hydrogen-bond donors (Lipinski definition) is 1. The molecule has 20 heavy (non-hydrogen) atoms. The Hall–Kier alpha value is -0.450. The van der Waals surface area contributed by atoms with Gasteiger partial charge in [0.2, 0.25) is 0 Å². The molecule has 10 heteroatoms. The average Bonchev–Trinajstić information content (AvgIpc) is 2.49. The second kappa shape index (κ2) is 6.12. The van der Waals surface area contributed by atoms with Gasteiger partial charge < -0.3 is 1.43 Å². The predicted molar refractivity (Wildman–Crippen MR) is 66.8 cm³/mol. The van der Waals surface area contributed by atoms with E-state index in [-0.39, 0.29) is 54.4 Å². The van der Waals surface area contributed by atoms with Gasteiger partial charge in [-0.2, -0.15) is 8.42 Å². The SMILES string of the molecule is O=C1c2ccccc2S(=O)(=O)N1CCCS(=O)(=O)O.[H-].[Na+]. The molecular formula is C10H12NNaO6S2. The molecule has 0 spiro atoms. The van der Waals surface area contributed by atoms with Crippen molar-refractivity contribution in [1.82, 2.24) is 4.31 Å². The number of amides is 1. The van der Waals surface area contributed by atoms with Crippen LogP contribution in [0, 0.1) is 0 Å². The van der Waals surface area contributed by atoms with Gasteiger partial charge in [-0.3, -0.25) is 9.35 Å². The predicted octanol–water partition coefficient (Wildman–Crippen LogP) is -2.77. The molecule has 0 fully saturated rings. The number of sulfonamides is 1. The van der Waals surface area contributed by atoms with Crippen LogP contribution in [-0.4, -0.2) is 43.9 Å². The van der Waals surface area contributed by atoms with Crippen LogP contribution in [0.3, 0.4) is 0 Å². The Morgan fingerprint density at radius 3 is 2.40 bits per heavy atom. The van der Waals surface area contributed by atoms with Crippen molar-refractivity contribution < 1.29 is 57.2 Å². The van der Waals surface area contributed by atoms with Gasteiger partial charge in [0.1, 0.15) is 4.90 Å². The number of hydrogen-bond acceptors (Lipinski definition) is 5. The maximum absolute atomic E-state index is 12.0. The van der Waals surface area contributed by atoms with Gasteiger partial charge in [-0.15, -0.1) is 0 Å². The average molecular weight is 329 g/mol. The normalized spacial score (nSPS) is 16.6. The summed E-state index contributed by atoms with van der Waals surface area (Å²) < 4.78 is 54.4. The van der Waals surface area contributed by atoms with E-state index in [4.69, 9.17) is 4.55 Å². The van der Waals surface area contributed by atoms with Crippen molar-refractivity contribution in [2.75, 3.05) is 12.3 Å². The first-order valence-corrected chi connectivity index (χ1v) is 8.40. The molecule has 0 atom stereocenters. The summed E-state index contributed by atoms with van der Waals surface area (Å²) in [5, 5.41) is 0. The minimum atomic E-state index is -4.17. The molecule has 7 nitrogen and oxygen atoms in total. The zero-order valence-electron chi connectivity index (χ0n) is 11.7. The zero-order chi connectivity index (χ0) is 14.3. The van der Waals surface area contributed by atoms with Crippen molar-refractivity contribution in [1.29, 1.82) is 0 Å². The maximum Gasteiger partial charge on any atom is 1.00 e. The number of nitrogens with zero attached hydrogens (tertiary/aromatic N) is 1. The summed E-state index contributed by atoms with van der Waals surface area (Å²) in [4.78, 5) is 11.8. The Bertz CT molecular complexity index is 734.